The molecule has 2 atom stereocenters. The van der Waals surface area contributed by atoms with E-state index < -0.39 is 33.5 Å². The van der Waals surface area contributed by atoms with E-state index in [0.29, 0.717) is 6.42 Å². The average molecular weight is 302 g/mol. The predicted molar refractivity (Wildman–Crippen MR) is 74.6 cm³/mol. The Morgan fingerprint density at radius 2 is 2.00 bits per heavy atom. The second-order valence-corrected chi connectivity index (χ2v) is 6.49. The van der Waals surface area contributed by atoms with Crippen LogP contribution in [-0.4, -0.2) is 20.4 Å². The van der Waals surface area contributed by atoms with Gasteiger partial charge in [-0.1, -0.05) is 38.5 Å². The Morgan fingerprint density at radius 1 is 1.40 bits per heavy atom. The summed E-state index contributed by atoms with van der Waals surface area (Å²) >= 11 is 0. The van der Waals surface area contributed by atoms with E-state index >= 15 is 0 Å². The van der Waals surface area contributed by atoms with Crippen LogP contribution in [0.15, 0.2) is 24.3 Å². The Balaban J connectivity index is 2.89. The van der Waals surface area contributed by atoms with Crippen LogP contribution in [-0.2, 0) is 20.6 Å². The summed E-state index contributed by atoms with van der Waals surface area (Å²) in [7, 11) is -3.85. The first-order valence-electron chi connectivity index (χ1n) is 6.29. The largest absolute Gasteiger partial charge is 0.368 e. The maximum atomic E-state index is 13.5. The van der Waals surface area contributed by atoms with E-state index in [1.165, 1.54) is 18.2 Å². The van der Waals surface area contributed by atoms with Gasteiger partial charge in [0.05, 0.1) is 5.75 Å². The summed E-state index contributed by atoms with van der Waals surface area (Å²) in [6.07, 6.45) is 0.593. The van der Waals surface area contributed by atoms with Gasteiger partial charge >= 0.3 is 0 Å². The van der Waals surface area contributed by atoms with Gasteiger partial charge in [0.15, 0.2) is 0 Å². The SMILES string of the molecule is CC[C@H](C)[C@@H](NS(=O)(=O)Cc1ccccc1F)C(N)=O. The molecule has 0 aliphatic heterocycles. The number of benzene rings is 1. The summed E-state index contributed by atoms with van der Waals surface area (Å²) in [5.74, 6) is -2.10. The number of primary amides is 1. The molecule has 7 heteroatoms. The van der Waals surface area contributed by atoms with Gasteiger partial charge in [-0.05, 0) is 12.0 Å². The van der Waals surface area contributed by atoms with Gasteiger partial charge in [-0.15, -0.1) is 0 Å². The zero-order valence-corrected chi connectivity index (χ0v) is 12.3. The molecule has 1 aromatic carbocycles. The van der Waals surface area contributed by atoms with Crippen LogP contribution >= 0.6 is 0 Å². The zero-order valence-electron chi connectivity index (χ0n) is 11.5. The molecule has 0 radical (unpaired) electrons. The first kappa shape index (κ1) is 16.6. The number of carbonyl (C=O) groups excluding carboxylic acids is 1. The Kier molecular flexibility index (Phi) is 5.64. The first-order chi connectivity index (χ1) is 9.26. The molecule has 1 amide bonds. The van der Waals surface area contributed by atoms with Gasteiger partial charge in [0.25, 0.3) is 0 Å². The minimum Gasteiger partial charge on any atom is -0.368 e. The number of halogens is 1. The topological polar surface area (TPSA) is 89.3 Å². The van der Waals surface area contributed by atoms with Crippen LogP contribution in [0.3, 0.4) is 0 Å². The highest BCUT2D eigenvalue weighted by Gasteiger charge is 2.27. The molecular weight excluding hydrogens is 283 g/mol. The van der Waals surface area contributed by atoms with Crippen LogP contribution in [0.25, 0.3) is 0 Å². The van der Waals surface area contributed by atoms with Crippen LogP contribution in [0.1, 0.15) is 25.8 Å². The predicted octanol–water partition coefficient (Wildman–Crippen LogP) is 1.15. The van der Waals surface area contributed by atoms with E-state index in [2.05, 4.69) is 4.72 Å². The molecule has 0 heterocycles. The summed E-state index contributed by atoms with van der Waals surface area (Å²) in [5, 5.41) is 0. The molecule has 0 spiro atoms. The van der Waals surface area contributed by atoms with Crippen molar-refractivity contribution in [2.45, 2.75) is 32.1 Å². The van der Waals surface area contributed by atoms with E-state index in [-0.39, 0.29) is 11.5 Å². The number of nitrogens with one attached hydrogen (secondary N) is 1. The van der Waals surface area contributed by atoms with Gasteiger partial charge in [0.1, 0.15) is 11.9 Å². The van der Waals surface area contributed by atoms with E-state index in [9.17, 15) is 17.6 Å². The fourth-order valence-electron chi connectivity index (χ4n) is 1.75. The van der Waals surface area contributed by atoms with Crippen molar-refractivity contribution in [3.05, 3.63) is 35.6 Å². The molecular formula is C13H19FN2O3S. The van der Waals surface area contributed by atoms with Crippen LogP contribution in [0.2, 0.25) is 0 Å². The molecule has 0 aliphatic carbocycles. The normalized spacial score (nSPS) is 14.8. The van der Waals surface area contributed by atoms with Gasteiger partial charge in [-0.25, -0.2) is 17.5 Å². The molecule has 0 aromatic heterocycles. The molecule has 0 saturated heterocycles. The maximum Gasteiger partial charge on any atom is 0.235 e. The van der Waals surface area contributed by atoms with E-state index in [4.69, 9.17) is 5.73 Å². The average Bonchev–Trinajstić information content (AvgIpc) is 2.37. The van der Waals surface area contributed by atoms with Crippen molar-refractivity contribution < 1.29 is 17.6 Å². The molecule has 0 fully saturated rings. The first-order valence-corrected chi connectivity index (χ1v) is 7.94. The van der Waals surface area contributed by atoms with Crippen LogP contribution < -0.4 is 10.5 Å². The minimum absolute atomic E-state index is 0.0485. The number of amides is 1. The molecule has 20 heavy (non-hydrogen) atoms. The Bertz CT molecular complexity index is 575. The molecule has 0 bridgehead atoms. The van der Waals surface area contributed by atoms with Gasteiger partial charge in [0.2, 0.25) is 15.9 Å². The number of nitrogens with two attached hydrogens (primary N) is 1. The van der Waals surface area contributed by atoms with E-state index in [1.807, 2.05) is 6.92 Å². The Hall–Kier alpha value is -1.47. The molecule has 0 saturated carbocycles. The van der Waals surface area contributed by atoms with Crippen molar-refractivity contribution in [3.63, 3.8) is 0 Å². The molecule has 5 nitrogen and oxygen atoms in total. The van der Waals surface area contributed by atoms with Crippen LogP contribution in [0.4, 0.5) is 4.39 Å². The van der Waals surface area contributed by atoms with Gasteiger partial charge in [-0.3, -0.25) is 4.79 Å². The van der Waals surface area contributed by atoms with Gasteiger partial charge < -0.3 is 5.73 Å². The van der Waals surface area contributed by atoms with Crippen molar-refractivity contribution in [1.82, 2.24) is 4.72 Å². The third kappa shape index (κ3) is 4.57. The summed E-state index contributed by atoms with van der Waals surface area (Å²) in [5.41, 5.74) is 5.25. The molecule has 1 aromatic rings. The van der Waals surface area contributed by atoms with Gasteiger partial charge in [0, 0.05) is 5.56 Å². The number of sulfonamides is 1. The monoisotopic (exact) mass is 302 g/mol. The van der Waals surface area contributed by atoms with Crippen LogP contribution in [0, 0.1) is 11.7 Å². The van der Waals surface area contributed by atoms with E-state index in [0.717, 1.165) is 0 Å². The third-order valence-corrected chi connectivity index (χ3v) is 4.43. The number of hydrogen-bond donors (Lipinski definition) is 2. The molecule has 0 unspecified atom stereocenters. The second-order valence-electron chi connectivity index (χ2n) is 4.73. The highest BCUT2D eigenvalue weighted by molar-refractivity contribution is 7.88. The lowest BCUT2D eigenvalue weighted by molar-refractivity contribution is -0.120. The second kappa shape index (κ2) is 6.81. The van der Waals surface area contributed by atoms with Crippen molar-refractivity contribution in [3.8, 4) is 0 Å². The summed E-state index contributed by atoms with van der Waals surface area (Å²) < 4.78 is 39.7. The Labute approximate surface area is 118 Å². The van der Waals surface area contributed by atoms with Crippen molar-refractivity contribution in [1.29, 1.82) is 0 Å². The Morgan fingerprint density at radius 3 is 2.50 bits per heavy atom. The van der Waals surface area contributed by atoms with Gasteiger partial charge in [-0.2, -0.15) is 0 Å². The van der Waals surface area contributed by atoms with Crippen molar-refractivity contribution in [2.24, 2.45) is 11.7 Å². The maximum absolute atomic E-state index is 13.5. The highest BCUT2D eigenvalue weighted by atomic mass is 32.2. The summed E-state index contributed by atoms with van der Waals surface area (Å²) in [6, 6.07) is 4.61. The fourth-order valence-corrected chi connectivity index (χ4v) is 3.21. The smallest absolute Gasteiger partial charge is 0.235 e. The van der Waals surface area contributed by atoms with E-state index in [1.54, 1.807) is 13.0 Å². The third-order valence-electron chi connectivity index (χ3n) is 3.13. The molecule has 0 aliphatic rings. The highest BCUT2D eigenvalue weighted by Crippen LogP contribution is 2.13. The number of hydrogen-bond acceptors (Lipinski definition) is 3. The lowest BCUT2D eigenvalue weighted by atomic mass is 10.00. The number of rotatable bonds is 7. The zero-order chi connectivity index (χ0) is 15.3. The standard InChI is InChI=1S/C13H19FN2O3S/c1-3-9(2)12(13(15)17)16-20(18,19)8-10-6-4-5-7-11(10)14/h4-7,9,12,16H,3,8H2,1-2H3,(H2,15,17)/t9-,12+/m0/s1. The minimum atomic E-state index is -3.85. The molecule has 112 valence electrons. The quantitative estimate of drug-likeness (QED) is 0.791. The fraction of sp³-hybridized carbons (Fsp3) is 0.462. The van der Waals surface area contributed by atoms with Crippen molar-refractivity contribution >= 4 is 15.9 Å². The number of carbonyl (C=O) groups is 1. The lowest BCUT2D eigenvalue weighted by Crippen LogP contribution is -2.48. The lowest BCUT2D eigenvalue weighted by Gasteiger charge is -2.21. The summed E-state index contributed by atoms with van der Waals surface area (Å²) in [6.45, 7) is 3.55. The van der Waals surface area contributed by atoms with Crippen LogP contribution in [0.5, 0.6) is 0 Å². The molecule has 1 rings (SSSR count). The molecule has 3 N–H and O–H groups in total. The summed E-state index contributed by atoms with van der Waals surface area (Å²) in [4.78, 5) is 11.3. The van der Waals surface area contributed by atoms with Crippen molar-refractivity contribution in [2.75, 3.05) is 0 Å².